The Morgan fingerprint density at radius 3 is 2.94 bits per heavy atom. The molecule has 1 fully saturated rings. The maximum Gasteiger partial charge on any atom is 0.0874 e. The zero-order valence-electron chi connectivity index (χ0n) is 11.3. The number of ether oxygens (including phenoxy) is 1. The number of hydrogen-bond acceptors (Lipinski definition) is 4. The van der Waals surface area contributed by atoms with Gasteiger partial charge in [-0.1, -0.05) is 6.92 Å². The molecule has 0 aromatic carbocycles. The Hall–Kier alpha value is -1.13. The molecule has 0 radical (unpaired) electrons. The van der Waals surface area contributed by atoms with E-state index >= 15 is 0 Å². The van der Waals surface area contributed by atoms with E-state index < -0.39 is 0 Å². The number of rotatable bonds is 3. The molecule has 0 spiro atoms. The van der Waals surface area contributed by atoms with Crippen LogP contribution in [0.2, 0.25) is 0 Å². The second-order valence-corrected chi connectivity index (χ2v) is 4.92. The van der Waals surface area contributed by atoms with E-state index in [0.29, 0.717) is 6.42 Å². The minimum atomic E-state index is -0.290. The molecular weight excluding hydrogens is 228 g/mol. The van der Waals surface area contributed by atoms with Crippen LogP contribution >= 0.6 is 0 Å². The maximum absolute atomic E-state index is 10.2. The molecular formula is C14H22N2O2. The summed E-state index contributed by atoms with van der Waals surface area (Å²) in [6.07, 6.45) is 4.90. The van der Waals surface area contributed by atoms with E-state index in [9.17, 15) is 5.11 Å². The Morgan fingerprint density at radius 2 is 2.33 bits per heavy atom. The van der Waals surface area contributed by atoms with Gasteiger partial charge in [0.15, 0.2) is 0 Å². The van der Waals surface area contributed by atoms with Crippen molar-refractivity contribution in [2.45, 2.75) is 45.0 Å². The molecule has 1 aliphatic rings. The van der Waals surface area contributed by atoms with Crippen molar-refractivity contribution in [2.24, 2.45) is 5.92 Å². The molecule has 4 atom stereocenters. The maximum atomic E-state index is 10.2. The van der Waals surface area contributed by atoms with Gasteiger partial charge in [-0.2, -0.15) is 0 Å². The van der Waals surface area contributed by atoms with Crippen LogP contribution in [0.1, 0.15) is 38.4 Å². The van der Waals surface area contributed by atoms with Crippen molar-refractivity contribution >= 4 is 5.69 Å². The predicted octanol–water partition coefficient (Wildman–Crippen LogP) is 2.36. The zero-order chi connectivity index (χ0) is 13.1. The number of aliphatic hydroxyl groups excluding tert-OH is 1. The lowest BCUT2D eigenvalue weighted by molar-refractivity contribution is -0.131. The average Bonchev–Trinajstić information content (AvgIpc) is 2.38. The normalized spacial score (nSPS) is 32.2. The van der Waals surface area contributed by atoms with Crippen LogP contribution in [0.15, 0.2) is 18.5 Å². The number of pyridine rings is 1. The first-order chi connectivity index (χ1) is 8.67. The van der Waals surface area contributed by atoms with Crippen molar-refractivity contribution in [1.82, 2.24) is 4.98 Å². The Balaban J connectivity index is 2.20. The lowest BCUT2D eigenvalue weighted by Gasteiger charge is -2.38. The number of aliphatic hydroxyl groups is 1. The third-order valence-corrected chi connectivity index (χ3v) is 3.87. The second-order valence-electron chi connectivity index (χ2n) is 4.92. The topological polar surface area (TPSA) is 54.4 Å². The van der Waals surface area contributed by atoms with Crippen LogP contribution in [0.25, 0.3) is 0 Å². The minimum Gasteiger partial charge on any atom is -0.393 e. The van der Waals surface area contributed by atoms with Crippen LogP contribution in [-0.4, -0.2) is 29.3 Å². The van der Waals surface area contributed by atoms with Crippen LogP contribution in [0.3, 0.4) is 0 Å². The molecule has 18 heavy (non-hydrogen) atoms. The average molecular weight is 250 g/mol. The Labute approximate surface area is 108 Å². The highest BCUT2D eigenvalue weighted by molar-refractivity contribution is 5.49. The molecule has 2 heterocycles. The number of nitrogens with one attached hydrogen (secondary N) is 1. The molecule has 4 nitrogen and oxygen atoms in total. The first kappa shape index (κ1) is 13.3. The molecule has 1 saturated heterocycles. The molecule has 0 aliphatic carbocycles. The van der Waals surface area contributed by atoms with E-state index in [0.717, 1.165) is 17.7 Å². The molecule has 1 aliphatic heterocycles. The van der Waals surface area contributed by atoms with E-state index in [4.69, 9.17) is 4.74 Å². The summed E-state index contributed by atoms with van der Waals surface area (Å²) in [6, 6.07) is 1.96. The summed E-state index contributed by atoms with van der Waals surface area (Å²) in [7, 11) is 1.87. The van der Waals surface area contributed by atoms with Crippen molar-refractivity contribution in [3.63, 3.8) is 0 Å². The smallest absolute Gasteiger partial charge is 0.0874 e. The van der Waals surface area contributed by atoms with Crippen molar-refractivity contribution < 1.29 is 9.84 Å². The van der Waals surface area contributed by atoms with Gasteiger partial charge in [0.1, 0.15) is 0 Å². The summed E-state index contributed by atoms with van der Waals surface area (Å²) < 4.78 is 6.06. The lowest BCUT2D eigenvalue weighted by Crippen LogP contribution is -2.39. The molecule has 0 amide bonds. The highest BCUT2D eigenvalue weighted by Crippen LogP contribution is 2.38. The highest BCUT2D eigenvalue weighted by atomic mass is 16.5. The third kappa shape index (κ3) is 2.49. The largest absolute Gasteiger partial charge is 0.393 e. The molecule has 0 saturated carbocycles. The second kappa shape index (κ2) is 5.67. The van der Waals surface area contributed by atoms with E-state index in [1.807, 2.05) is 20.0 Å². The number of hydrogen-bond donors (Lipinski definition) is 2. The van der Waals surface area contributed by atoms with Gasteiger partial charge < -0.3 is 15.2 Å². The SMILES string of the molecule is CC[C@@H]1C(O)CC(c2ccncc2NC)OC1C. The first-order valence-corrected chi connectivity index (χ1v) is 6.62. The van der Waals surface area contributed by atoms with E-state index in [2.05, 4.69) is 17.2 Å². The van der Waals surface area contributed by atoms with E-state index in [1.54, 1.807) is 12.4 Å². The minimum absolute atomic E-state index is 0.0525. The van der Waals surface area contributed by atoms with Gasteiger partial charge in [0.25, 0.3) is 0 Å². The van der Waals surface area contributed by atoms with Gasteiger partial charge in [-0.05, 0) is 19.4 Å². The van der Waals surface area contributed by atoms with Crippen LogP contribution in [0.5, 0.6) is 0 Å². The van der Waals surface area contributed by atoms with Crippen LogP contribution in [-0.2, 0) is 4.74 Å². The summed E-state index contributed by atoms with van der Waals surface area (Å²) in [5, 5.41) is 13.3. The molecule has 1 aromatic heterocycles. The number of anilines is 1. The van der Waals surface area contributed by atoms with Gasteiger partial charge in [0.05, 0.1) is 30.2 Å². The summed E-state index contributed by atoms with van der Waals surface area (Å²) in [6.45, 7) is 4.14. The lowest BCUT2D eigenvalue weighted by atomic mass is 9.85. The van der Waals surface area contributed by atoms with Crippen molar-refractivity contribution in [3.05, 3.63) is 24.0 Å². The molecule has 100 valence electrons. The fourth-order valence-corrected chi connectivity index (χ4v) is 2.82. The van der Waals surface area contributed by atoms with Gasteiger partial charge >= 0.3 is 0 Å². The predicted molar refractivity (Wildman–Crippen MR) is 71.5 cm³/mol. The molecule has 4 heteroatoms. The van der Waals surface area contributed by atoms with Gasteiger partial charge in [0.2, 0.25) is 0 Å². The highest BCUT2D eigenvalue weighted by Gasteiger charge is 2.35. The molecule has 1 aromatic rings. The van der Waals surface area contributed by atoms with Crippen LogP contribution in [0, 0.1) is 5.92 Å². The summed E-state index contributed by atoms with van der Waals surface area (Å²) in [5.41, 5.74) is 2.05. The fourth-order valence-electron chi connectivity index (χ4n) is 2.82. The zero-order valence-corrected chi connectivity index (χ0v) is 11.3. The summed E-state index contributed by atoms with van der Waals surface area (Å²) in [5.74, 6) is 0.237. The van der Waals surface area contributed by atoms with Gasteiger partial charge in [-0.15, -0.1) is 0 Å². The van der Waals surface area contributed by atoms with Crippen LogP contribution in [0.4, 0.5) is 5.69 Å². The number of aromatic nitrogens is 1. The van der Waals surface area contributed by atoms with Crippen LogP contribution < -0.4 is 5.32 Å². The monoisotopic (exact) mass is 250 g/mol. The molecule has 0 bridgehead atoms. The summed E-state index contributed by atoms with van der Waals surface area (Å²) in [4.78, 5) is 4.10. The quantitative estimate of drug-likeness (QED) is 0.864. The van der Waals surface area contributed by atoms with Crippen molar-refractivity contribution in [3.8, 4) is 0 Å². The summed E-state index contributed by atoms with van der Waals surface area (Å²) >= 11 is 0. The van der Waals surface area contributed by atoms with E-state index in [-0.39, 0.29) is 24.2 Å². The van der Waals surface area contributed by atoms with E-state index in [1.165, 1.54) is 0 Å². The molecule has 3 unspecified atom stereocenters. The Kier molecular flexibility index (Phi) is 4.19. The van der Waals surface area contributed by atoms with Crippen molar-refractivity contribution in [2.75, 3.05) is 12.4 Å². The fraction of sp³-hybridized carbons (Fsp3) is 0.643. The first-order valence-electron chi connectivity index (χ1n) is 6.62. The van der Waals surface area contributed by atoms with Gasteiger partial charge in [0, 0.05) is 31.1 Å². The Morgan fingerprint density at radius 1 is 1.56 bits per heavy atom. The molecule has 2 rings (SSSR count). The molecule has 2 N–H and O–H groups in total. The van der Waals surface area contributed by atoms with Gasteiger partial charge in [-0.25, -0.2) is 0 Å². The Bertz CT molecular complexity index is 385. The third-order valence-electron chi connectivity index (χ3n) is 3.87. The standard InChI is InChI=1S/C14H22N2O2/c1-4-10-9(2)18-14(7-13(10)17)11-5-6-16-8-12(11)15-3/h5-6,8-10,13-15,17H,4,7H2,1-3H3/t9?,10-,13?,14?/m0/s1. The van der Waals surface area contributed by atoms with Crippen molar-refractivity contribution in [1.29, 1.82) is 0 Å². The van der Waals surface area contributed by atoms with Gasteiger partial charge in [-0.3, -0.25) is 4.98 Å². The number of nitrogens with zero attached hydrogens (tertiary/aromatic N) is 1.